The average molecular weight is 354 g/mol. The molecule has 0 saturated heterocycles. The molecule has 136 valence electrons. The van der Waals surface area contributed by atoms with Gasteiger partial charge in [0, 0.05) is 5.56 Å². The van der Waals surface area contributed by atoms with Crippen molar-refractivity contribution in [1.82, 2.24) is 0 Å². The van der Waals surface area contributed by atoms with Gasteiger partial charge in [0.2, 0.25) is 5.82 Å². The lowest BCUT2D eigenvalue weighted by Gasteiger charge is -2.21. The van der Waals surface area contributed by atoms with Gasteiger partial charge in [0.05, 0.1) is 6.26 Å². The lowest BCUT2D eigenvalue weighted by molar-refractivity contribution is 0.415. The topological polar surface area (TPSA) is 9.23 Å². The zero-order valence-electron chi connectivity index (χ0n) is 15.3. The Morgan fingerprint density at radius 3 is 2.38 bits per heavy atom. The van der Waals surface area contributed by atoms with E-state index in [2.05, 4.69) is 13.0 Å². The smallest absolute Gasteiger partial charge is 0.201 e. The molecule has 0 aromatic heterocycles. The van der Waals surface area contributed by atoms with Gasteiger partial charge in [0.25, 0.3) is 0 Å². The number of hydrogen-bond donors (Lipinski definition) is 0. The van der Waals surface area contributed by atoms with Crippen molar-refractivity contribution in [1.29, 1.82) is 0 Å². The van der Waals surface area contributed by atoms with Crippen molar-refractivity contribution < 1.29 is 13.5 Å². The predicted octanol–water partition coefficient (Wildman–Crippen LogP) is 7.14. The van der Waals surface area contributed by atoms with Crippen LogP contribution in [-0.4, -0.2) is 0 Å². The molecule has 2 aromatic rings. The Hall–Kier alpha value is -2.42. The normalized spacial score (nSPS) is 17.4. The van der Waals surface area contributed by atoms with Crippen LogP contribution in [0.4, 0.5) is 8.78 Å². The molecule has 2 aromatic carbocycles. The third-order valence-corrected chi connectivity index (χ3v) is 5.04. The summed E-state index contributed by atoms with van der Waals surface area (Å²) < 4.78 is 33.7. The molecule has 0 fully saturated rings. The minimum Gasteiger partial charge on any atom is -0.462 e. The third kappa shape index (κ3) is 3.87. The molecule has 3 heteroatoms. The number of allylic oxidation sites excluding steroid dienone is 3. The van der Waals surface area contributed by atoms with Crippen LogP contribution in [0.1, 0.15) is 45.1 Å². The van der Waals surface area contributed by atoms with Crippen LogP contribution in [-0.2, 0) is 0 Å². The van der Waals surface area contributed by atoms with Crippen molar-refractivity contribution >= 4 is 5.57 Å². The van der Waals surface area contributed by atoms with Crippen molar-refractivity contribution in [3.05, 3.63) is 72.0 Å². The molecule has 3 rings (SSSR count). The van der Waals surface area contributed by atoms with Crippen LogP contribution in [0, 0.1) is 17.6 Å². The lowest BCUT2D eigenvalue weighted by Crippen LogP contribution is -2.03. The Balaban J connectivity index is 1.83. The first-order chi connectivity index (χ1) is 12.6. The lowest BCUT2D eigenvalue weighted by atomic mass is 9.85. The highest BCUT2D eigenvalue weighted by atomic mass is 19.2. The van der Waals surface area contributed by atoms with E-state index in [1.54, 1.807) is 19.1 Å². The van der Waals surface area contributed by atoms with Gasteiger partial charge in [-0.25, -0.2) is 4.39 Å². The number of halogens is 2. The summed E-state index contributed by atoms with van der Waals surface area (Å²) in [6, 6.07) is 10.7. The summed E-state index contributed by atoms with van der Waals surface area (Å²) in [6.45, 7) is 3.98. The molecule has 0 spiro atoms. The molecule has 1 atom stereocenters. The molecular formula is C23H24F2O. The van der Waals surface area contributed by atoms with Gasteiger partial charge >= 0.3 is 0 Å². The van der Waals surface area contributed by atoms with E-state index < -0.39 is 11.6 Å². The second-order valence-electron chi connectivity index (χ2n) is 6.68. The Kier molecular flexibility index (Phi) is 5.87. The first-order valence-electron chi connectivity index (χ1n) is 9.19. The fraction of sp³-hybridized carbons (Fsp3) is 0.304. The Morgan fingerprint density at radius 1 is 1.04 bits per heavy atom. The fourth-order valence-electron chi connectivity index (χ4n) is 3.37. The van der Waals surface area contributed by atoms with Gasteiger partial charge in [-0.05, 0) is 60.9 Å². The highest BCUT2D eigenvalue weighted by Crippen LogP contribution is 2.34. The molecule has 0 bridgehead atoms. The maximum absolute atomic E-state index is 14.4. The Bertz CT molecular complexity index is 819. The number of rotatable bonds is 5. The van der Waals surface area contributed by atoms with E-state index in [9.17, 15) is 8.78 Å². The van der Waals surface area contributed by atoms with Crippen LogP contribution in [0.3, 0.4) is 0 Å². The van der Waals surface area contributed by atoms with Crippen LogP contribution in [0.2, 0.25) is 0 Å². The summed E-state index contributed by atoms with van der Waals surface area (Å²) in [5, 5.41) is 0. The van der Waals surface area contributed by atoms with Crippen molar-refractivity contribution in [3.8, 4) is 16.9 Å². The van der Waals surface area contributed by atoms with Gasteiger partial charge in [-0.2, -0.15) is 4.39 Å². The summed E-state index contributed by atoms with van der Waals surface area (Å²) >= 11 is 0. The fourth-order valence-corrected chi connectivity index (χ4v) is 3.37. The quantitative estimate of drug-likeness (QED) is 0.519. The van der Waals surface area contributed by atoms with Crippen molar-refractivity contribution in [2.45, 2.75) is 39.5 Å². The van der Waals surface area contributed by atoms with E-state index in [-0.39, 0.29) is 11.3 Å². The van der Waals surface area contributed by atoms with E-state index in [0.29, 0.717) is 5.56 Å². The highest BCUT2D eigenvalue weighted by Gasteiger charge is 2.17. The van der Waals surface area contributed by atoms with E-state index in [0.717, 1.165) is 24.3 Å². The molecule has 0 amide bonds. The van der Waals surface area contributed by atoms with Gasteiger partial charge in [-0.1, -0.05) is 49.8 Å². The molecular weight excluding hydrogens is 330 g/mol. The molecule has 1 aliphatic rings. The summed E-state index contributed by atoms with van der Waals surface area (Å²) in [5.41, 5.74) is 3.41. The summed E-state index contributed by atoms with van der Waals surface area (Å²) in [4.78, 5) is 0. The summed E-state index contributed by atoms with van der Waals surface area (Å²) in [6.07, 6.45) is 9.91. The molecule has 0 heterocycles. The van der Waals surface area contributed by atoms with Crippen LogP contribution < -0.4 is 4.74 Å². The SMILES string of the molecule is C/C=C/Oc1ccc(-c2ccc(C3=CCC(CC)CC3)cc2)c(F)c1F. The van der Waals surface area contributed by atoms with Gasteiger partial charge in [0.15, 0.2) is 11.6 Å². The number of ether oxygens (including phenoxy) is 1. The third-order valence-electron chi connectivity index (χ3n) is 5.04. The average Bonchev–Trinajstić information content (AvgIpc) is 2.69. The molecule has 1 aliphatic carbocycles. The van der Waals surface area contributed by atoms with Gasteiger partial charge in [-0.3, -0.25) is 0 Å². The molecule has 1 nitrogen and oxygen atoms in total. The maximum Gasteiger partial charge on any atom is 0.201 e. The summed E-state index contributed by atoms with van der Waals surface area (Å²) in [7, 11) is 0. The van der Waals surface area contributed by atoms with Gasteiger partial charge < -0.3 is 4.74 Å². The molecule has 0 aliphatic heterocycles. The maximum atomic E-state index is 14.4. The van der Waals surface area contributed by atoms with Crippen molar-refractivity contribution in [2.24, 2.45) is 5.92 Å². The van der Waals surface area contributed by atoms with Gasteiger partial charge in [-0.15, -0.1) is 0 Å². The highest BCUT2D eigenvalue weighted by molar-refractivity contribution is 5.71. The zero-order valence-corrected chi connectivity index (χ0v) is 15.3. The largest absolute Gasteiger partial charge is 0.462 e. The second kappa shape index (κ2) is 8.31. The number of benzene rings is 2. The molecule has 0 radical (unpaired) electrons. The van der Waals surface area contributed by atoms with Crippen molar-refractivity contribution in [3.63, 3.8) is 0 Å². The van der Waals surface area contributed by atoms with Crippen LogP contribution >= 0.6 is 0 Å². The molecule has 0 saturated carbocycles. The first-order valence-corrected chi connectivity index (χ1v) is 9.19. The van der Waals surface area contributed by atoms with E-state index in [1.165, 1.54) is 30.7 Å². The molecule has 1 unspecified atom stereocenters. The van der Waals surface area contributed by atoms with Crippen LogP contribution in [0.15, 0.2) is 54.8 Å². The Labute approximate surface area is 154 Å². The first kappa shape index (κ1) is 18.4. The Morgan fingerprint density at radius 2 is 1.77 bits per heavy atom. The second-order valence-corrected chi connectivity index (χ2v) is 6.68. The molecule has 0 N–H and O–H groups in total. The minimum atomic E-state index is -0.967. The van der Waals surface area contributed by atoms with E-state index >= 15 is 0 Å². The van der Waals surface area contributed by atoms with Crippen LogP contribution in [0.25, 0.3) is 16.7 Å². The van der Waals surface area contributed by atoms with Crippen molar-refractivity contribution in [2.75, 3.05) is 0 Å². The number of hydrogen-bond acceptors (Lipinski definition) is 1. The standard InChI is InChI=1S/C23H24F2O/c1-3-15-26-21-14-13-20(22(24)23(21)25)19-11-9-18(10-12-19)17-7-5-16(4-2)6-8-17/h3,7,9-16H,4-6,8H2,1-2H3/b15-3+. The minimum absolute atomic E-state index is 0.112. The zero-order chi connectivity index (χ0) is 18.5. The molecule has 26 heavy (non-hydrogen) atoms. The van der Waals surface area contributed by atoms with Gasteiger partial charge in [0.1, 0.15) is 0 Å². The van der Waals surface area contributed by atoms with Crippen LogP contribution in [0.5, 0.6) is 5.75 Å². The van der Waals surface area contributed by atoms with E-state index in [4.69, 9.17) is 4.74 Å². The van der Waals surface area contributed by atoms with E-state index in [1.807, 2.05) is 24.3 Å². The predicted molar refractivity (Wildman–Crippen MR) is 103 cm³/mol. The summed E-state index contributed by atoms with van der Waals surface area (Å²) in [5.74, 6) is -1.18. The monoisotopic (exact) mass is 354 g/mol.